The normalized spacial score (nSPS) is 11.6. The van der Waals surface area contributed by atoms with Gasteiger partial charge in [0.05, 0.1) is 7.11 Å². The molecule has 0 aliphatic rings. The summed E-state index contributed by atoms with van der Waals surface area (Å²) in [6, 6.07) is 5.03. The Morgan fingerprint density at radius 2 is 2.00 bits per heavy atom. The highest BCUT2D eigenvalue weighted by Crippen LogP contribution is 2.04. The van der Waals surface area contributed by atoms with Crippen molar-refractivity contribution in [1.29, 1.82) is 0 Å². The Bertz CT molecular complexity index is 482. The molecule has 5 nitrogen and oxygen atoms in total. The molecule has 7 heteroatoms. The van der Waals surface area contributed by atoms with Gasteiger partial charge in [-0.2, -0.15) is 11.8 Å². The Morgan fingerprint density at radius 1 is 1.32 bits per heavy atom. The summed E-state index contributed by atoms with van der Waals surface area (Å²) in [6.45, 7) is 0.397. The average molecular weight is 328 g/mol. The van der Waals surface area contributed by atoms with Gasteiger partial charge in [-0.1, -0.05) is 12.1 Å². The van der Waals surface area contributed by atoms with Gasteiger partial charge in [-0.3, -0.25) is 0 Å². The maximum absolute atomic E-state index is 12.8. The molecule has 1 aromatic carbocycles. The van der Waals surface area contributed by atoms with E-state index in [4.69, 9.17) is 0 Å². The van der Waals surface area contributed by atoms with E-state index >= 15 is 0 Å². The van der Waals surface area contributed by atoms with Gasteiger partial charge in [0.15, 0.2) is 0 Å². The van der Waals surface area contributed by atoms with E-state index in [0.29, 0.717) is 19.4 Å². The van der Waals surface area contributed by atoms with Crippen LogP contribution in [0.5, 0.6) is 0 Å². The van der Waals surface area contributed by atoms with Gasteiger partial charge < -0.3 is 15.4 Å². The number of thioether (sulfide) groups is 1. The number of nitrogens with one attached hydrogen (secondary N) is 2. The molecule has 0 aliphatic heterocycles. The minimum Gasteiger partial charge on any atom is -0.467 e. The number of esters is 1. The van der Waals surface area contributed by atoms with Crippen molar-refractivity contribution in [3.8, 4) is 0 Å². The van der Waals surface area contributed by atoms with Crippen molar-refractivity contribution in [3.63, 3.8) is 0 Å². The van der Waals surface area contributed by atoms with E-state index < -0.39 is 18.0 Å². The van der Waals surface area contributed by atoms with E-state index in [-0.39, 0.29) is 5.82 Å². The number of benzene rings is 1. The predicted molar refractivity (Wildman–Crippen MR) is 85.4 cm³/mol. The first-order chi connectivity index (χ1) is 10.6. The summed E-state index contributed by atoms with van der Waals surface area (Å²) in [4.78, 5) is 23.4. The predicted octanol–water partition coefficient (Wildman–Crippen LogP) is 1.96. The Labute approximate surface area is 134 Å². The lowest BCUT2D eigenvalue weighted by atomic mass is 10.1. The Hall–Kier alpha value is -1.76. The summed E-state index contributed by atoms with van der Waals surface area (Å²) >= 11 is 1.59. The third-order valence-electron chi connectivity index (χ3n) is 3.01. The first-order valence-corrected chi connectivity index (χ1v) is 8.31. The van der Waals surface area contributed by atoms with Crippen LogP contribution in [0, 0.1) is 5.82 Å². The summed E-state index contributed by atoms with van der Waals surface area (Å²) in [7, 11) is 1.29. The molecule has 2 amide bonds. The van der Waals surface area contributed by atoms with Gasteiger partial charge in [0.1, 0.15) is 11.9 Å². The average Bonchev–Trinajstić information content (AvgIpc) is 2.52. The van der Waals surface area contributed by atoms with Crippen molar-refractivity contribution in [2.45, 2.75) is 18.9 Å². The SMILES string of the molecule is COC(=O)C(CCSC)NC(=O)NCCc1ccc(F)cc1. The quantitative estimate of drug-likeness (QED) is 0.716. The smallest absolute Gasteiger partial charge is 0.328 e. The highest BCUT2D eigenvalue weighted by Gasteiger charge is 2.20. The highest BCUT2D eigenvalue weighted by molar-refractivity contribution is 7.98. The van der Waals surface area contributed by atoms with Gasteiger partial charge in [0.2, 0.25) is 0 Å². The number of ether oxygens (including phenoxy) is 1. The monoisotopic (exact) mass is 328 g/mol. The number of rotatable bonds is 8. The van der Waals surface area contributed by atoms with Crippen LogP contribution in [0.25, 0.3) is 0 Å². The fourth-order valence-corrected chi connectivity index (χ4v) is 2.28. The van der Waals surface area contributed by atoms with Gasteiger partial charge in [0, 0.05) is 6.54 Å². The molecule has 0 aliphatic carbocycles. The Kier molecular flexibility index (Phi) is 8.35. The second kappa shape index (κ2) is 10.0. The molecule has 1 rings (SSSR count). The highest BCUT2D eigenvalue weighted by atomic mass is 32.2. The number of carbonyl (C=O) groups is 2. The van der Waals surface area contributed by atoms with Gasteiger partial charge in [-0.15, -0.1) is 0 Å². The van der Waals surface area contributed by atoms with Crippen molar-refractivity contribution < 1.29 is 18.7 Å². The molecule has 22 heavy (non-hydrogen) atoms. The molecule has 0 heterocycles. The van der Waals surface area contributed by atoms with Crippen LogP contribution in [0.3, 0.4) is 0 Å². The molecule has 0 radical (unpaired) electrons. The van der Waals surface area contributed by atoms with E-state index in [1.165, 1.54) is 19.2 Å². The second-order valence-electron chi connectivity index (χ2n) is 4.63. The van der Waals surface area contributed by atoms with Crippen LogP contribution in [0.1, 0.15) is 12.0 Å². The van der Waals surface area contributed by atoms with E-state index in [0.717, 1.165) is 11.3 Å². The topological polar surface area (TPSA) is 67.4 Å². The lowest BCUT2D eigenvalue weighted by Gasteiger charge is -2.16. The van der Waals surface area contributed by atoms with E-state index in [1.807, 2.05) is 6.26 Å². The molecule has 122 valence electrons. The maximum Gasteiger partial charge on any atom is 0.328 e. The molecule has 1 unspecified atom stereocenters. The minimum atomic E-state index is -0.650. The number of hydrogen-bond acceptors (Lipinski definition) is 4. The first kappa shape index (κ1) is 18.3. The molecule has 0 saturated carbocycles. The van der Waals surface area contributed by atoms with Crippen LogP contribution in [0.15, 0.2) is 24.3 Å². The van der Waals surface area contributed by atoms with Crippen molar-refractivity contribution in [2.75, 3.05) is 25.7 Å². The summed E-state index contributed by atoms with van der Waals surface area (Å²) < 4.78 is 17.4. The fraction of sp³-hybridized carbons (Fsp3) is 0.467. The van der Waals surface area contributed by atoms with E-state index in [9.17, 15) is 14.0 Å². The zero-order chi connectivity index (χ0) is 16.4. The van der Waals surface area contributed by atoms with Crippen molar-refractivity contribution in [3.05, 3.63) is 35.6 Å². The number of methoxy groups -OCH3 is 1. The van der Waals surface area contributed by atoms with Gasteiger partial charge in [0.25, 0.3) is 0 Å². The number of hydrogen-bond donors (Lipinski definition) is 2. The standard InChI is InChI=1S/C15H21FN2O3S/c1-21-14(19)13(8-10-22-2)18-15(20)17-9-7-11-3-5-12(16)6-4-11/h3-6,13H,7-10H2,1-2H3,(H2,17,18,20). The van der Waals surface area contributed by atoms with E-state index in [2.05, 4.69) is 15.4 Å². The maximum atomic E-state index is 12.8. The molecule has 0 aromatic heterocycles. The van der Waals surface area contributed by atoms with Gasteiger partial charge in [-0.25, -0.2) is 14.0 Å². The zero-order valence-electron chi connectivity index (χ0n) is 12.7. The van der Waals surface area contributed by atoms with E-state index in [1.54, 1.807) is 23.9 Å². The second-order valence-corrected chi connectivity index (χ2v) is 5.62. The summed E-state index contributed by atoms with van der Waals surface area (Å²) in [5, 5.41) is 5.27. The summed E-state index contributed by atoms with van der Waals surface area (Å²) in [5.74, 6) is 0.00205. The third-order valence-corrected chi connectivity index (χ3v) is 3.66. The molecular formula is C15H21FN2O3S. The number of carbonyl (C=O) groups excluding carboxylic acids is 2. The number of halogens is 1. The summed E-state index contributed by atoms with van der Waals surface area (Å²) in [6.07, 6.45) is 3.03. The Morgan fingerprint density at radius 3 is 2.59 bits per heavy atom. The first-order valence-electron chi connectivity index (χ1n) is 6.92. The molecule has 1 aromatic rings. The van der Waals surface area contributed by atoms with Crippen molar-refractivity contribution in [1.82, 2.24) is 10.6 Å². The van der Waals surface area contributed by atoms with Gasteiger partial charge in [-0.05, 0) is 42.5 Å². The van der Waals surface area contributed by atoms with Crippen LogP contribution in [0.4, 0.5) is 9.18 Å². The molecule has 0 fully saturated rings. The molecular weight excluding hydrogens is 307 g/mol. The molecule has 1 atom stereocenters. The summed E-state index contributed by atoms with van der Waals surface area (Å²) in [5.41, 5.74) is 0.925. The van der Waals surface area contributed by atoms with Crippen LogP contribution in [-0.4, -0.2) is 43.7 Å². The minimum absolute atomic E-state index is 0.288. The molecule has 0 spiro atoms. The fourth-order valence-electron chi connectivity index (χ4n) is 1.81. The lowest BCUT2D eigenvalue weighted by molar-refractivity contribution is -0.142. The van der Waals surface area contributed by atoms with Crippen molar-refractivity contribution >= 4 is 23.8 Å². The molecule has 2 N–H and O–H groups in total. The molecule has 0 saturated heterocycles. The van der Waals surface area contributed by atoms with Crippen LogP contribution < -0.4 is 10.6 Å². The lowest BCUT2D eigenvalue weighted by Crippen LogP contribution is -2.47. The van der Waals surface area contributed by atoms with Crippen LogP contribution in [-0.2, 0) is 16.0 Å². The van der Waals surface area contributed by atoms with Crippen LogP contribution >= 0.6 is 11.8 Å². The third kappa shape index (κ3) is 6.80. The Balaban J connectivity index is 2.36. The molecule has 0 bridgehead atoms. The largest absolute Gasteiger partial charge is 0.467 e. The van der Waals surface area contributed by atoms with Gasteiger partial charge >= 0.3 is 12.0 Å². The number of amides is 2. The zero-order valence-corrected chi connectivity index (χ0v) is 13.5. The van der Waals surface area contributed by atoms with Crippen LogP contribution in [0.2, 0.25) is 0 Å². The van der Waals surface area contributed by atoms with Crippen molar-refractivity contribution in [2.24, 2.45) is 0 Å². The number of urea groups is 1.